The monoisotopic (exact) mass is 212 g/mol. The van der Waals surface area contributed by atoms with Gasteiger partial charge in [0.05, 0.1) is 6.61 Å². The zero-order valence-corrected chi connectivity index (χ0v) is 10.3. The number of hydrogen-bond acceptors (Lipinski definition) is 2. The molecule has 0 aliphatic heterocycles. The predicted molar refractivity (Wildman–Crippen MR) is 63.9 cm³/mol. The summed E-state index contributed by atoms with van der Waals surface area (Å²) in [5.74, 6) is 0.384. The van der Waals surface area contributed by atoms with Crippen LogP contribution >= 0.6 is 0 Å². The molecule has 1 atom stereocenters. The number of carbonyl (C=O) groups excluding carboxylic acids is 1. The third-order valence-electron chi connectivity index (χ3n) is 2.61. The molecule has 0 heterocycles. The molecule has 1 rings (SSSR count). The van der Waals surface area contributed by atoms with Gasteiger partial charge in [0.25, 0.3) is 0 Å². The number of ketones is 1. The second kappa shape index (κ2) is 9.91. The summed E-state index contributed by atoms with van der Waals surface area (Å²) < 4.78 is 4.81. The molecule has 15 heavy (non-hydrogen) atoms. The van der Waals surface area contributed by atoms with Gasteiger partial charge in [-0.05, 0) is 13.3 Å². The molecule has 88 valence electrons. The van der Waals surface area contributed by atoms with Gasteiger partial charge in [-0.2, -0.15) is 0 Å². The van der Waals surface area contributed by atoms with Crippen molar-refractivity contribution in [2.24, 2.45) is 5.92 Å². The summed E-state index contributed by atoms with van der Waals surface area (Å²) in [6.07, 6.45) is 10.7. The molecule has 1 fully saturated rings. The first-order chi connectivity index (χ1) is 7.18. The van der Waals surface area contributed by atoms with Crippen molar-refractivity contribution < 1.29 is 9.53 Å². The van der Waals surface area contributed by atoms with Crippen LogP contribution < -0.4 is 0 Å². The van der Waals surface area contributed by atoms with Gasteiger partial charge in [-0.3, -0.25) is 4.79 Å². The Bertz CT molecular complexity index is 177. The van der Waals surface area contributed by atoms with Crippen LogP contribution in [-0.2, 0) is 9.53 Å². The van der Waals surface area contributed by atoms with Crippen LogP contribution in [-0.4, -0.2) is 19.5 Å². The normalized spacial score (nSPS) is 16.5. The van der Waals surface area contributed by atoms with Crippen LogP contribution in [0.15, 0.2) is 12.2 Å². The second-order valence-corrected chi connectivity index (χ2v) is 4.09. The predicted octanol–water partition coefficient (Wildman–Crippen LogP) is 3.36. The molecule has 2 heteroatoms. The van der Waals surface area contributed by atoms with Gasteiger partial charge in [0.15, 0.2) is 0 Å². The largest absolute Gasteiger partial charge is 0.381 e. The van der Waals surface area contributed by atoms with E-state index in [4.69, 9.17) is 4.74 Å². The lowest BCUT2D eigenvalue weighted by molar-refractivity contribution is -0.120. The van der Waals surface area contributed by atoms with E-state index in [0.717, 1.165) is 6.42 Å². The van der Waals surface area contributed by atoms with E-state index in [1.54, 1.807) is 14.0 Å². The number of ether oxygens (including phenoxy) is 1. The molecule has 0 aromatic rings. The van der Waals surface area contributed by atoms with E-state index in [2.05, 4.69) is 0 Å². The maximum atomic E-state index is 10.7. The van der Waals surface area contributed by atoms with E-state index < -0.39 is 0 Å². The molecule has 0 radical (unpaired) electrons. The van der Waals surface area contributed by atoms with Gasteiger partial charge in [-0.15, -0.1) is 0 Å². The Labute approximate surface area is 93.7 Å². The Morgan fingerprint density at radius 3 is 2.13 bits per heavy atom. The molecule has 1 saturated carbocycles. The minimum Gasteiger partial charge on any atom is -0.381 e. The quantitative estimate of drug-likeness (QED) is 0.653. The molecule has 1 aliphatic carbocycles. The maximum Gasteiger partial charge on any atom is 0.132 e. The fourth-order valence-electron chi connectivity index (χ4n) is 0.881. The summed E-state index contributed by atoms with van der Waals surface area (Å²) >= 11 is 0. The third-order valence-corrected chi connectivity index (χ3v) is 2.61. The first-order valence-corrected chi connectivity index (χ1v) is 5.83. The van der Waals surface area contributed by atoms with Gasteiger partial charge in [-0.1, -0.05) is 44.8 Å². The number of allylic oxidation sites excluding steroid dienone is 1. The third kappa shape index (κ3) is 9.67. The molecule has 0 saturated heterocycles. The van der Waals surface area contributed by atoms with E-state index in [9.17, 15) is 4.79 Å². The maximum absolute atomic E-state index is 10.7. The number of Topliss-reactive ketones (excluding diaryl/α,β-unsaturated/α-hetero) is 1. The first kappa shape index (κ1) is 14.4. The Kier molecular flexibility index (Phi) is 9.49. The average molecular weight is 212 g/mol. The summed E-state index contributed by atoms with van der Waals surface area (Å²) in [6.45, 7) is 4.18. The van der Waals surface area contributed by atoms with Crippen LogP contribution in [0.4, 0.5) is 0 Å². The molecule has 0 aromatic heterocycles. The lowest BCUT2D eigenvalue weighted by Crippen LogP contribution is -2.04. The van der Waals surface area contributed by atoms with Crippen molar-refractivity contribution in [3.05, 3.63) is 12.2 Å². The Morgan fingerprint density at radius 1 is 1.27 bits per heavy atom. The van der Waals surface area contributed by atoms with Gasteiger partial charge in [0.1, 0.15) is 5.78 Å². The summed E-state index contributed by atoms with van der Waals surface area (Å²) in [5.41, 5.74) is 0. The van der Waals surface area contributed by atoms with Crippen LogP contribution in [0.5, 0.6) is 0 Å². The van der Waals surface area contributed by atoms with Crippen molar-refractivity contribution in [1.29, 1.82) is 0 Å². The highest BCUT2D eigenvalue weighted by molar-refractivity contribution is 5.77. The SMILES string of the molecule is C1CCC1.COCC=CCC(C)C(C)=O. The summed E-state index contributed by atoms with van der Waals surface area (Å²) in [4.78, 5) is 10.7. The number of rotatable bonds is 5. The molecular weight excluding hydrogens is 188 g/mol. The summed E-state index contributed by atoms with van der Waals surface area (Å²) in [6, 6.07) is 0. The van der Waals surface area contributed by atoms with Gasteiger partial charge in [0, 0.05) is 13.0 Å². The van der Waals surface area contributed by atoms with Gasteiger partial charge in [0.2, 0.25) is 0 Å². The van der Waals surface area contributed by atoms with Crippen molar-refractivity contribution in [3.8, 4) is 0 Å². The van der Waals surface area contributed by atoms with Crippen LogP contribution in [0.2, 0.25) is 0 Å². The minimum atomic E-state index is 0.142. The van der Waals surface area contributed by atoms with E-state index in [0.29, 0.717) is 6.61 Å². The topological polar surface area (TPSA) is 26.3 Å². The van der Waals surface area contributed by atoms with E-state index in [-0.39, 0.29) is 11.7 Å². The zero-order valence-electron chi connectivity index (χ0n) is 10.3. The van der Waals surface area contributed by atoms with Crippen molar-refractivity contribution in [1.82, 2.24) is 0 Å². The highest BCUT2D eigenvalue weighted by Crippen LogP contribution is 2.15. The summed E-state index contributed by atoms with van der Waals surface area (Å²) in [7, 11) is 1.65. The molecule has 0 spiro atoms. The van der Waals surface area contributed by atoms with Crippen molar-refractivity contribution in [2.75, 3.05) is 13.7 Å². The average Bonchev–Trinajstić information content (AvgIpc) is 2.09. The van der Waals surface area contributed by atoms with Crippen LogP contribution in [0.1, 0.15) is 46.0 Å². The van der Waals surface area contributed by atoms with E-state index >= 15 is 0 Å². The molecular formula is C13H24O2. The molecule has 0 N–H and O–H groups in total. The van der Waals surface area contributed by atoms with Crippen molar-refractivity contribution in [2.45, 2.75) is 46.0 Å². The standard InChI is InChI=1S/C9H16O2.C4H8/c1-8(9(2)10)6-4-5-7-11-3;1-2-4-3-1/h4-5,8H,6-7H2,1-3H3;1-4H2. The number of carbonyl (C=O) groups is 1. The van der Waals surface area contributed by atoms with Gasteiger partial charge in [-0.25, -0.2) is 0 Å². The molecule has 0 aromatic carbocycles. The number of hydrogen-bond donors (Lipinski definition) is 0. The van der Waals surface area contributed by atoms with Crippen LogP contribution in [0.3, 0.4) is 0 Å². The molecule has 0 bridgehead atoms. The van der Waals surface area contributed by atoms with Crippen LogP contribution in [0.25, 0.3) is 0 Å². The Morgan fingerprint density at radius 2 is 1.80 bits per heavy atom. The van der Waals surface area contributed by atoms with Gasteiger partial charge >= 0.3 is 0 Å². The van der Waals surface area contributed by atoms with E-state index in [1.165, 1.54) is 25.7 Å². The Hall–Kier alpha value is -0.630. The highest BCUT2D eigenvalue weighted by Gasteiger charge is 2.03. The minimum absolute atomic E-state index is 0.142. The highest BCUT2D eigenvalue weighted by atomic mass is 16.5. The van der Waals surface area contributed by atoms with E-state index in [1.807, 2.05) is 19.1 Å². The fraction of sp³-hybridized carbons (Fsp3) is 0.769. The first-order valence-electron chi connectivity index (χ1n) is 5.83. The molecule has 2 nitrogen and oxygen atoms in total. The Balaban J connectivity index is 0.000000401. The fourth-order valence-corrected chi connectivity index (χ4v) is 0.881. The lowest BCUT2D eigenvalue weighted by atomic mass is 10.0. The lowest BCUT2D eigenvalue weighted by Gasteiger charge is -2.05. The van der Waals surface area contributed by atoms with Gasteiger partial charge < -0.3 is 4.74 Å². The van der Waals surface area contributed by atoms with Crippen molar-refractivity contribution >= 4 is 5.78 Å². The molecule has 1 aliphatic rings. The zero-order chi connectivity index (χ0) is 11.5. The van der Waals surface area contributed by atoms with Crippen molar-refractivity contribution in [3.63, 3.8) is 0 Å². The molecule has 0 amide bonds. The van der Waals surface area contributed by atoms with Crippen LogP contribution in [0, 0.1) is 5.92 Å². The smallest absolute Gasteiger partial charge is 0.132 e. The second-order valence-electron chi connectivity index (χ2n) is 4.09. The molecule has 1 unspecified atom stereocenters. The summed E-state index contributed by atoms with van der Waals surface area (Å²) in [5, 5.41) is 0. The number of methoxy groups -OCH3 is 1.